The number of rotatable bonds is 16. The average Bonchev–Trinajstić information content (AvgIpc) is 3.29. The van der Waals surface area contributed by atoms with Crippen molar-refractivity contribution in [3.05, 3.63) is 142 Å². The van der Waals surface area contributed by atoms with E-state index in [9.17, 15) is 47.4 Å². The first kappa shape index (κ1) is 56.5. The largest absolute Gasteiger partial charge is 0.390 e. The second kappa shape index (κ2) is 24.3. The quantitative estimate of drug-likeness (QED) is 0.0606. The summed E-state index contributed by atoms with van der Waals surface area (Å²) in [6, 6.07) is 24.1. The van der Waals surface area contributed by atoms with Gasteiger partial charge in [-0.3, -0.25) is 14.4 Å². The predicted molar refractivity (Wildman–Crippen MR) is 268 cm³/mol. The fourth-order valence-corrected chi connectivity index (χ4v) is 9.84. The number of Topliss-reactive ketones (excluding diaryl/α,β-unsaturated/α-hetero) is 1. The zero-order valence-corrected chi connectivity index (χ0v) is 42.5. The number of halogens is 4. The highest BCUT2D eigenvalue weighted by atomic mass is 19.1. The van der Waals surface area contributed by atoms with E-state index in [1.807, 2.05) is 18.2 Å². The fourth-order valence-electron chi connectivity index (χ4n) is 9.84. The molecule has 0 spiro atoms. The van der Waals surface area contributed by atoms with E-state index >= 15 is 0 Å². The minimum absolute atomic E-state index is 0.00523. The van der Waals surface area contributed by atoms with Crippen LogP contribution in [0, 0.1) is 40.5 Å². The zero-order chi connectivity index (χ0) is 52.3. The number of aliphatic hydroxyl groups is 2. The molecule has 0 bridgehead atoms. The van der Waals surface area contributed by atoms with Crippen LogP contribution in [0.5, 0.6) is 0 Å². The number of carbonyl (C=O) groups excluding carboxylic acids is 3. The van der Waals surface area contributed by atoms with E-state index in [-0.39, 0.29) is 60.3 Å². The van der Waals surface area contributed by atoms with Crippen molar-refractivity contribution in [3.63, 3.8) is 0 Å². The molecule has 384 valence electrons. The van der Waals surface area contributed by atoms with Crippen molar-refractivity contribution in [2.24, 2.45) is 5.92 Å². The number of hydrogen-bond acceptors (Lipinski definition) is 8. The van der Waals surface area contributed by atoms with Gasteiger partial charge in [0.15, 0.2) is 0 Å². The standard InChI is InChI=1S/C29H37F2N3O2.C28H36F2N2O3/c1-19(35)34-26(14-21-12-24(30)16-25(31)13-21)27(36)18-33-29(10-8-20(17-32)9-11-29)23-7-5-6-22(15-23)28(2,3)4;1-18(33)32-25(14-19-12-22(29)16-23(30)13-19)26(35)17-31-28(10-8-24(34)9-11-28)21-7-5-6-20(15-21)27(2,3)4/h5-7,12-13,15-16,20,26-27,33,36H,8-11,14,18H2,1-4H3,(H,34,35);5-7,12-13,15-16,25-26,31,35H,8-11,14,17H2,1-4H3,(H,32,33)/t20?,26-,27+,29?;25-,26+/m00/s1. The van der Waals surface area contributed by atoms with E-state index in [0.29, 0.717) is 36.8 Å². The summed E-state index contributed by atoms with van der Waals surface area (Å²) < 4.78 is 54.8. The number of hydrogen-bond donors (Lipinski definition) is 6. The topological polar surface area (TPSA) is 164 Å². The average molecular weight is 984 g/mol. The van der Waals surface area contributed by atoms with Crippen LogP contribution in [-0.2, 0) is 49.1 Å². The molecule has 4 aromatic carbocycles. The normalized spacial score (nSPS) is 19.8. The van der Waals surface area contributed by atoms with Crippen LogP contribution < -0.4 is 21.3 Å². The third-order valence-corrected chi connectivity index (χ3v) is 14.0. The molecule has 71 heavy (non-hydrogen) atoms. The van der Waals surface area contributed by atoms with Crippen molar-refractivity contribution in [2.75, 3.05) is 13.1 Å². The van der Waals surface area contributed by atoms with Gasteiger partial charge in [-0.1, -0.05) is 90.1 Å². The molecule has 0 heterocycles. The number of aliphatic hydroxyl groups excluding tert-OH is 2. The van der Waals surface area contributed by atoms with Crippen molar-refractivity contribution in [1.29, 1.82) is 5.26 Å². The van der Waals surface area contributed by atoms with Crippen molar-refractivity contribution < 1.29 is 42.2 Å². The van der Waals surface area contributed by atoms with Crippen LogP contribution in [0.1, 0.15) is 140 Å². The van der Waals surface area contributed by atoms with Gasteiger partial charge in [-0.25, -0.2) is 17.6 Å². The minimum Gasteiger partial charge on any atom is -0.390 e. The predicted octanol–water partition coefficient (Wildman–Crippen LogP) is 9.17. The number of nitrogens with one attached hydrogen (secondary N) is 4. The summed E-state index contributed by atoms with van der Waals surface area (Å²) in [6.45, 7) is 15.9. The molecule has 6 N–H and O–H groups in total. The highest BCUT2D eigenvalue weighted by Gasteiger charge is 2.40. The maximum absolute atomic E-state index is 13.7. The molecule has 10 nitrogen and oxygen atoms in total. The van der Waals surface area contributed by atoms with Gasteiger partial charge in [-0.2, -0.15) is 5.26 Å². The van der Waals surface area contributed by atoms with Gasteiger partial charge in [0.2, 0.25) is 11.8 Å². The lowest BCUT2D eigenvalue weighted by Crippen LogP contribution is -2.53. The number of ketones is 1. The SMILES string of the molecule is CC(=O)N[C@@H](Cc1cc(F)cc(F)c1)[C@H](O)CNC1(c2cccc(C(C)(C)C)c2)CCC(=O)CC1.CC(=O)N[C@@H](Cc1cc(F)cc(F)c1)[C@H](O)CNC1(c2cccc(C(C)(C)C)c2)CCC(C#N)CC1. The van der Waals surface area contributed by atoms with Crippen LogP contribution in [0.15, 0.2) is 84.9 Å². The third-order valence-electron chi connectivity index (χ3n) is 14.0. The molecule has 0 radical (unpaired) electrons. The smallest absolute Gasteiger partial charge is 0.217 e. The molecule has 0 saturated heterocycles. The van der Waals surface area contributed by atoms with Crippen molar-refractivity contribution in [3.8, 4) is 6.07 Å². The first-order valence-electron chi connectivity index (χ1n) is 24.7. The summed E-state index contributed by atoms with van der Waals surface area (Å²) in [4.78, 5) is 35.7. The third kappa shape index (κ3) is 16.3. The monoisotopic (exact) mass is 984 g/mol. The highest BCUT2D eigenvalue weighted by molar-refractivity contribution is 5.79. The summed E-state index contributed by atoms with van der Waals surface area (Å²) in [5.41, 5.74) is 4.25. The second-order valence-electron chi connectivity index (χ2n) is 21.7. The Hall–Kier alpha value is -5.46. The Kier molecular flexibility index (Phi) is 19.3. The van der Waals surface area contributed by atoms with E-state index in [1.165, 1.54) is 49.2 Å². The molecule has 2 fully saturated rings. The van der Waals surface area contributed by atoms with Crippen molar-refractivity contribution in [1.82, 2.24) is 21.3 Å². The molecule has 2 aliphatic carbocycles. The van der Waals surface area contributed by atoms with Crippen LogP contribution in [0.2, 0.25) is 0 Å². The molecule has 6 rings (SSSR count). The molecular formula is C57H73F4N5O5. The lowest BCUT2D eigenvalue weighted by Gasteiger charge is -2.42. The first-order valence-corrected chi connectivity index (χ1v) is 24.7. The molecular weight excluding hydrogens is 911 g/mol. The van der Waals surface area contributed by atoms with Gasteiger partial charge in [0, 0.05) is 68.9 Å². The first-order chi connectivity index (χ1) is 33.3. The van der Waals surface area contributed by atoms with Gasteiger partial charge in [0.1, 0.15) is 29.1 Å². The van der Waals surface area contributed by atoms with Gasteiger partial charge >= 0.3 is 0 Å². The maximum Gasteiger partial charge on any atom is 0.217 e. The summed E-state index contributed by atoms with van der Waals surface area (Å²) >= 11 is 0. The molecule has 0 unspecified atom stereocenters. The second-order valence-corrected chi connectivity index (χ2v) is 21.7. The van der Waals surface area contributed by atoms with E-state index < -0.39 is 58.6 Å². The van der Waals surface area contributed by atoms with Crippen LogP contribution >= 0.6 is 0 Å². The van der Waals surface area contributed by atoms with Gasteiger partial charge < -0.3 is 31.5 Å². The Labute approximate surface area is 417 Å². The molecule has 0 aromatic heterocycles. The lowest BCUT2D eigenvalue weighted by atomic mass is 9.71. The maximum atomic E-state index is 13.7. The zero-order valence-electron chi connectivity index (χ0n) is 42.5. The van der Waals surface area contributed by atoms with Crippen LogP contribution in [0.25, 0.3) is 0 Å². The number of nitriles is 1. The summed E-state index contributed by atoms with van der Waals surface area (Å²) in [7, 11) is 0. The van der Waals surface area contributed by atoms with Crippen molar-refractivity contribution in [2.45, 2.75) is 166 Å². The van der Waals surface area contributed by atoms with Gasteiger partial charge in [-0.15, -0.1) is 0 Å². The Morgan fingerprint density at radius 2 is 1.00 bits per heavy atom. The number of amides is 2. The Morgan fingerprint density at radius 1 is 0.634 bits per heavy atom. The van der Waals surface area contributed by atoms with E-state index in [2.05, 4.69) is 99.2 Å². The number of carbonyl (C=O) groups is 3. The minimum atomic E-state index is -1.02. The highest BCUT2D eigenvalue weighted by Crippen LogP contribution is 2.41. The van der Waals surface area contributed by atoms with E-state index in [4.69, 9.17) is 0 Å². The lowest BCUT2D eigenvalue weighted by molar-refractivity contribution is -0.122. The molecule has 4 atom stereocenters. The number of nitrogens with zero attached hydrogens (tertiary/aromatic N) is 1. The van der Waals surface area contributed by atoms with E-state index in [1.54, 1.807) is 0 Å². The summed E-state index contributed by atoms with van der Waals surface area (Å²) in [5.74, 6) is -3.28. The molecule has 4 aromatic rings. The molecule has 2 saturated carbocycles. The summed E-state index contributed by atoms with van der Waals surface area (Å²) in [6.07, 6.45) is 3.20. The molecule has 2 aliphatic rings. The Bertz CT molecular complexity index is 2460. The van der Waals surface area contributed by atoms with Crippen molar-refractivity contribution >= 4 is 17.6 Å². The van der Waals surface area contributed by atoms with E-state index in [0.717, 1.165) is 48.9 Å². The van der Waals surface area contributed by atoms with Crippen LogP contribution in [0.3, 0.4) is 0 Å². The fraction of sp³-hybridized carbons (Fsp3) is 0.509. The Morgan fingerprint density at radius 3 is 1.34 bits per heavy atom. The van der Waals surface area contributed by atoms with Crippen LogP contribution in [0.4, 0.5) is 17.6 Å². The molecule has 2 amide bonds. The Balaban J connectivity index is 0.000000264. The molecule has 14 heteroatoms. The van der Waals surface area contributed by atoms with Gasteiger partial charge in [-0.05, 0) is 120 Å². The molecule has 0 aliphatic heterocycles. The van der Waals surface area contributed by atoms with Gasteiger partial charge in [0.05, 0.1) is 30.4 Å². The number of benzene rings is 4. The van der Waals surface area contributed by atoms with Crippen LogP contribution in [-0.4, -0.2) is 65.2 Å². The van der Waals surface area contributed by atoms with Gasteiger partial charge in [0.25, 0.3) is 0 Å². The summed E-state index contributed by atoms with van der Waals surface area (Å²) in [5, 5.41) is 44.1.